The number of aromatic carboxylic acids is 1. The first-order valence-corrected chi connectivity index (χ1v) is 13.0. The quantitative estimate of drug-likeness (QED) is 0.654. The highest BCUT2D eigenvalue weighted by atomic mass is 28.4. The van der Waals surface area contributed by atoms with Crippen LogP contribution < -0.4 is 0 Å². The number of rotatable bonds is 4. The Hall–Kier alpha value is -1.86. The molecule has 1 aliphatic heterocycles. The zero-order valence-corrected chi connectivity index (χ0v) is 19.9. The van der Waals surface area contributed by atoms with E-state index >= 15 is 0 Å². The maximum Gasteiger partial charge on any atom is 0.410 e. The van der Waals surface area contributed by atoms with E-state index in [2.05, 4.69) is 33.9 Å². The predicted molar refractivity (Wildman–Crippen MR) is 116 cm³/mol. The summed E-state index contributed by atoms with van der Waals surface area (Å²) in [5, 5.41) is 9.23. The maximum atomic E-state index is 12.9. The molecule has 6 nitrogen and oxygen atoms in total. The molecule has 1 aliphatic rings. The van der Waals surface area contributed by atoms with E-state index in [1.165, 1.54) is 0 Å². The molecule has 1 amide bonds. The van der Waals surface area contributed by atoms with Crippen molar-refractivity contribution in [2.75, 3.05) is 6.54 Å². The largest absolute Gasteiger partial charge is 0.478 e. The van der Waals surface area contributed by atoms with Gasteiger partial charge in [-0.1, -0.05) is 32.9 Å². The first-order chi connectivity index (χ1) is 13.1. The van der Waals surface area contributed by atoms with Crippen molar-refractivity contribution in [3.8, 4) is 0 Å². The summed E-state index contributed by atoms with van der Waals surface area (Å²) in [6.07, 6.45) is 0.219. The molecule has 0 spiro atoms. The highest BCUT2D eigenvalue weighted by Gasteiger charge is 2.44. The van der Waals surface area contributed by atoms with Crippen LogP contribution in [0.3, 0.4) is 0 Å². The minimum atomic E-state index is -1.99. The number of carbonyl (C=O) groups is 2. The van der Waals surface area contributed by atoms with Crippen molar-refractivity contribution in [2.24, 2.45) is 0 Å². The summed E-state index contributed by atoms with van der Waals surface area (Å²) in [4.78, 5) is 25.8. The lowest BCUT2D eigenvalue weighted by atomic mass is 10.0. The van der Waals surface area contributed by atoms with Gasteiger partial charge in [-0.05, 0) is 63.0 Å². The van der Waals surface area contributed by atoms with Crippen LogP contribution in [0.1, 0.15) is 69.9 Å². The van der Waals surface area contributed by atoms with Crippen LogP contribution in [0.4, 0.5) is 4.79 Å². The number of benzene rings is 1. The summed E-state index contributed by atoms with van der Waals surface area (Å²) in [7, 11) is -1.99. The van der Waals surface area contributed by atoms with Gasteiger partial charge in [-0.3, -0.25) is 4.90 Å². The number of carbonyl (C=O) groups excluding carboxylic acids is 1. The van der Waals surface area contributed by atoms with Crippen LogP contribution in [0.25, 0.3) is 0 Å². The highest BCUT2D eigenvalue weighted by molar-refractivity contribution is 6.74. The Bertz CT molecular complexity index is 746. The van der Waals surface area contributed by atoms with Gasteiger partial charge in [0.25, 0.3) is 0 Å². The topological polar surface area (TPSA) is 76.1 Å². The lowest BCUT2D eigenvalue weighted by molar-refractivity contribution is 0.0208. The Kier molecular flexibility index (Phi) is 6.55. The van der Waals surface area contributed by atoms with Gasteiger partial charge in [-0.2, -0.15) is 0 Å². The number of nitrogens with zero attached hydrogens (tertiary/aromatic N) is 1. The normalized spacial score (nSPS) is 20.6. The standard InChI is InChI=1S/C22H35NO5Si/c1-21(2,3)27-20(26)23-14-17(28-29(7,8)22(4,5)6)13-18(23)15-9-11-16(12-10-15)19(24)25/h9-12,17-18H,13-14H2,1-8H3,(H,24,25)/t17-,18-/m1/s1. The molecule has 0 aromatic heterocycles. The molecule has 29 heavy (non-hydrogen) atoms. The van der Waals surface area contributed by atoms with E-state index in [1.54, 1.807) is 29.2 Å². The van der Waals surface area contributed by atoms with Crippen molar-refractivity contribution in [2.45, 2.75) is 83.8 Å². The van der Waals surface area contributed by atoms with Crippen LogP contribution in [-0.4, -0.2) is 48.6 Å². The molecule has 0 saturated carbocycles. The number of hydrogen-bond donors (Lipinski definition) is 1. The van der Waals surface area contributed by atoms with E-state index in [0.29, 0.717) is 13.0 Å². The molecule has 0 radical (unpaired) electrons. The second-order valence-corrected chi connectivity index (χ2v) is 15.1. The number of amides is 1. The van der Waals surface area contributed by atoms with Crippen molar-refractivity contribution >= 4 is 20.4 Å². The van der Waals surface area contributed by atoms with E-state index < -0.39 is 19.9 Å². The first kappa shape index (κ1) is 23.4. The van der Waals surface area contributed by atoms with Gasteiger partial charge in [-0.15, -0.1) is 0 Å². The lowest BCUT2D eigenvalue weighted by Crippen LogP contribution is -2.45. The molecule has 1 aromatic carbocycles. The van der Waals surface area contributed by atoms with E-state index in [9.17, 15) is 9.59 Å². The van der Waals surface area contributed by atoms with Crippen LogP contribution in [-0.2, 0) is 9.16 Å². The van der Waals surface area contributed by atoms with E-state index in [4.69, 9.17) is 14.3 Å². The molecular weight excluding hydrogens is 386 g/mol. The van der Waals surface area contributed by atoms with Crippen molar-refractivity contribution < 1.29 is 23.9 Å². The summed E-state index contributed by atoms with van der Waals surface area (Å²) >= 11 is 0. The Morgan fingerprint density at radius 1 is 1.07 bits per heavy atom. The van der Waals surface area contributed by atoms with Gasteiger partial charge >= 0.3 is 12.1 Å². The Balaban J connectivity index is 2.29. The third-order valence-corrected chi connectivity index (χ3v) is 10.2. The molecule has 0 aliphatic carbocycles. The predicted octanol–water partition coefficient (Wildman–Crippen LogP) is 5.46. The van der Waals surface area contributed by atoms with Crippen LogP contribution in [0.15, 0.2) is 24.3 Å². The Labute approximate surface area is 175 Å². The molecule has 0 bridgehead atoms. The summed E-state index contributed by atoms with van der Waals surface area (Å²) in [5.41, 5.74) is 0.527. The minimum absolute atomic E-state index is 0.0744. The number of ether oxygens (including phenoxy) is 1. The Morgan fingerprint density at radius 3 is 2.07 bits per heavy atom. The molecule has 1 aromatic rings. The third-order valence-electron chi connectivity index (χ3n) is 5.70. The van der Waals surface area contributed by atoms with Gasteiger partial charge in [0.1, 0.15) is 5.60 Å². The summed E-state index contributed by atoms with van der Waals surface area (Å²) in [6, 6.07) is 6.50. The summed E-state index contributed by atoms with van der Waals surface area (Å²) in [5.74, 6) is -0.967. The van der Waals surface area contributed by atoms with E-state index in [-0.39, 0.29) is 28.8 Å². The van der Waals surface area contributed by atoms with Gasteiger partial charge in [0.2, 0.25) is 0 Å². The molecule has 1 N–H and O–H groups in total. The maximum absolute atomic E-state index is 12.9. The monoisotopic (exact) mass is 421 g/mol. The van der Waals surface area contributed by atoms with Crippen molar-refractivity contribution in [3.05, 3.63) is 35.4 Å². The minimum Gasteiger partial charge on any atom is -0.478 e. The average Bonchev–Trinajstić information content (AvgIpc) is 2.95. The molecule has 1 heterocycles. The lowest BCUT2D eigenvalue weighted by Gasteiger charge is -2.38. The second kappa shape index (κ2) is 8.11. The number of likely N-dealkylation sites (tertiary alicyclic amines) is 1. The molecule has 0 unspecified atom stereocenters. The van der Waals surface area contributed by atoms with Crippen molar-refractivity contribution in [1.29, 1.82) is 0 Å². The second-order valence-electron chi connectivity index (χ2n) is 10.3. The SMILES string of the molecule is CC(C)(C)OC(=O)N1C[C@H](O[Si](C)(C)C(C)(C)C)C[C@@H]1c1ccc(C(=O)O)cc1. The van der Waals surface area contributed by atoms with Crippen LogP contribution in [0.5, 0.6) is 0 Å². The fraction of sp³-hybridized carbons (Fsp3) is 0.636. The molecule has 1 fully saturated rings. The van der Waals surface area contributed by atoms with E-state index in [0.717, 1.165) is 5.56 Å². The van der Waals surface area contributed by atoms with Crippen molar-refractivity contribution in [3.63, 3.8) is 0 Å². The molecule has 7 heteroatoms. The van der Waals surface area contributed by atoms with E-state index in [1.807, 2.05) is 20.8 Å². The van der Waals surface area contributed by atoms with Crippen LogP contribution in [0.2, 0.25) is 18.1 Å². The number of carboxylic acid groups (broad SMARTS) is 1. The Morgan fingerprint density at radius 2 is 1.62 bits per heavy atom. The number of carboxylic acids is 1. The average molecular weight is 422 g/mol. The molecular formula is C22H35NO5Si. The third kappa shape index (κ3) is 5.82. The molecule has 2 rings (SSSR count). The zero-order chi connectivity index (χ0) is 22.2. The van der Waals surface area contributed by atoms with Crippen LogP contribution in [0, 0.1) is 0 Å². The van der Waals surface area contributed by atoms with Crippen LogP contribution >= 0.6 is 0 Å². The van der Waals surface area contributed by atoms with Gasteiger partial charge in [-0.25, -0.2) is 9.59 Å². The van der Waals surface area contributed by atoms with Crippen molar-refractivity contribution in [1.82, 2.24) is 4.90 Å². The fourth-order valence-electron chi connectivity index (χ4n) is 3.16. The summed E-state index contributed by atoms with van der Waals surface area (Å²) in [6.45, 7) is 17.0. The van der Waals surface area contributed by atoms with Gasteiger partial charge in [0, 0.05) is 6.54 Å². The summed E-state index contributed by atoms with van der Waals surface area (Å²) < 4.78 is 12.2. The smallest absolute Gasteiger partial charge is 0.410 e. The first-order valence-electron chi connectivity index (χ1n) is 10.1. The molecule has 162 valence electrons. The fourth-order valence-corrected chi connectivity index (χ4v) is 4.52. The van der Waals surface area contributed by atoms with Gasteiger partial charge in [0.15, 0.2) is 8.32 Å². The highest BCUT2D eigenvalue weighted by Crippen LogP contribution is 2.41. The molecule has 1 saturated heterocycles. The van der Waals surface area contributed by atoms with Gasteiger partial charge < -0.3 is 14.3 Å². The van der Waals surface area contributed by atoms with Gasteiger partial charge in [0.05, 0.1) is 17.7 Å². The zero-order valence-electron chi connectivity index (χ0n) is 18.9. The molecule has 2 atom stereocenters. The number of hydrogen-bond acceptors (Lipinski definition) is 4.